The topological polar surface area (TPSA) is 61.8 Å². The molecule has 2 heterocycles. The number of rotatable bonds is 2. The third-order valence-electron chi connectivity index (χ3n) is 3.84. The fourth-order valence-electron chi connectivity index (χ4n) is 2.85. The summed E-state index contributed by atoms with van der Waals surface area (Å²) in [5.74, 6) is -0.298. The van der Waals surface area contributed by atoms with Crippen molar-refractivity contribution in [2.24, 2.45) is 11.8 Å². The van der Waals surface area contributed by atoms with Gasteiger partial charge in [0.05, 0.1) is 12.5 Å². The van der Waals surface area contributed by atoms with Crippen molar-refractivity contribution in [3.8, 4) is 0 Å². The fraction of sp³-hybridized carbons (Fsp3) is 0.846. The minimum Gasteiger partial charge on any atom is -0.462 e. The molecular weight excluding hydrogens is 236 g/mol. The van der Waals surface area contributed by atoms with Crippen LogP contribution in [0.2, 0.25) is 0 Å². The molecule has 0 amide bonds. The Labute approximate surface area is 107 Å². The number of fused-ring (bicyclic) bond motifs is 1. The van der Waals surface area contributed by atoms with Gasteiger partial charge in [0.25, 0.3) is 0 Å². The van der Waals surface area contributed by atoms with Crippen molar-refractivity contribution < 1.29 is 23.8 Å². The van der Waals surface area contributed by atoms with Crippen LogP contribution in [0.3, 0.4) is 0 Å². The zero-order valence-electron chi connectivity index (χ0n) is 10.7. The molecule has 2 aliphatic heterocycles. The molecule has 0 aromatic carbocycles. The first-order chi connectivity index (χ1) is 8.76. The van der Waals surface area contributed by atoms with Crippen LogP contribution in [0.1, 0.15) is 25.7 Å². The Hall–Kier alpha value is -0.940. The lowest BCUT2D eigenvalue weighted by Gasteiger charge is -2.14. The second kappa shape index (κ2) is 6.29. The molecule has 18 heavy (non-hydrogen) atoms. The summed E-state index contributed by atoms with van der Waals surface area (Å²) in [5, 5.41) is 0. The first-order valence-electron chi connectivity index (χ1n) is 6.51. The number of hydrogen-bond acceptors (Lipinski definition) is 5. The average Bonchev–Trinajstić information content (AvgIpc) is 3.04. The molecule has 1 aliphatic carbocycles. The summed E-state index contributed by atoms with van der Waals surface area (Å²) in [4.78, 5) is 21.7. The molecule has 0 N–H and O–H groups in total. The van der Waals surface area contributed by atoms with Crippen molar-refractivity contribution in [2.75, 3.05) is 20.3 Å². The molecule has 1 saturated carbocycles. The van der Waals surface area contributed by atoms with E-state index in [0.717, 1.165) is 19.5 Å². The SMILES string of the molecule is C1CCOC1.COC1CC2OC(=O)CC2C1C=O. The largest absolute Gasteiger partial charge is 0.462 e. The van der Waals surface area contributed by atoms with E-state index in [0.29, 0.717) is 12.8 Å². The van der Waals surface area contributed by atoms with Crippen LogP contribution < -0.4 is 0 Å². The Morgan fingerprint density at radius 2 is 2.06 bits per heavy atom. The summed E-state index contributed by atoms with van der Waals surface area (Å²) in [6.45, 7) is 2.00. The number of carbonyl (C=O) groups excluding carboxylic acids is 2. The number of ether oxygens (including phenoxy) is 3. The highest BCUT2D eigenvalue weighted by atomic mass is 16.6. The Kier molecular flexibility index (Phi) is 4.72. The summed E-state index contributed by atoms with van der Waals surface area (Å²) in [7, 11) is 1.59. The molecule has 4 atom stereocenters. The van der Waals surface area contributed by atoms with Crippen molar-refractivity contribution >= 4 is 12.3 Å². The molecular formula is C13H20O5. The summed E-state index contributed by atoms with van der Waals surface area (Å²) < 4.78 is 15.2. The molecule has 102 valence electrons. The molecule has 5 heteroatoms. The van der Waals surface area contributed by atoms with Gasteiger partial charge in [0.1, 0.15) is 12.4 Å². The van der Waals surface area contributed by atoms with Crippen LogP contribution >= 0.6 is 0 Å². The second-order valence-electron chi connectivity index (χ2n) is 4.94. The molecule has 0 bridgehead atoms. The molecule has 3 fully saturated rings. The van der Waals surface area contributed by atoms with Crippen LogP contribution in [0.4, 0.5) is 0 Å². The molecule has 2 saturated heterocycles. The second-order valence-corrected chi connectivity index (χ2v) is 4.94. The van der Waals surface area contributed by atoms with Gasteiger partial charge < -0.3 is 19.0 Å². The quantitative estimate of drug-likeness (QED) is 0.543. The van der Waals surface area contributed by atoms with Crippen LogP contribution in [0, 0.1) is 11.8 Å². The van der Waals surface area contributed by atoms with Gasteiger partial charge in [-0.3, -0.25) is 4.79 Å². The molecule has 0 spiro atoms. The van der Waals surface area contributed by atoms with Crippen LogP contribution in [-0.4, -0.2) is 44.8 Å². The maximum Gasteiger partial charge on any atom is 0.306 e. The molecule has 0 aromatic rings. The molecule has 4 unspecified atom stereocenters. The van der Waals surface area contributed by atoms with Gasteiger partial charge in [-0.1, -0.05) is 0 Å². The van der Waals surface area contributed by atoms with Gasteiger partial charge in [-0.05, 0) is 12.8 Å². The number of hydrogen-bond donors (Lipinski definition) is 0. The predicted molar refractivity (Wildman–Crippen MR) is 63.0 cm³/mol. The molecule has 3 rings (SSSR count). The van der Waals surface area contributed by atoms with Crippen molar-refractivity contribution in [3.05, 3.63) is 0 Å². The van der Waals surface area contributed by atoms with Crippen molar-refractivity contribution in [2.45, 2.75) is 37.9 Å². The van der Waals surface area contributed by atoms with E-state index in [1.807, 2.05) is 0 Å². The zero-order chi connectivity index (χ0) is 13.0. The number of esters is 1. The zero-order valence-corrected chi connectivity index (χ0v) is 10.7. The van der Waals surface area contributed by atoms with E-state index in [1.54, 1.807) is 7.11 Å². The number of aldehydes is 1. The van der Waals surface area contributed by atoms with Gasteiger partial charge >= 0.3 is 5.97 Å². The monoisotopic (exact) mass is 256 g/mol. The highest BCUT2D eigenvalue weighted by Crippen LogP contribution is 2.41. The van der Waals surface area contributed by atoms with Gasteiger partial charge in [0, 0.05) is 38.6 Å². The van der Waals surface area contributed by atoms with E-state index >= 15 is 0 Å². The highest BCUT2D eigenvalue weighted by Gasteiger charge is 2.50. The maximum absolute atomic E-state index is 10.9. The molecule has 5 nitrogen and oxygen atoms in total. The van der Waals surface area contributed by atoms with Gasteiger partial charge in [0.15, 0.2) is 0 Å². The first-order valence-corrected chi connectivity index (χ1v) is 6.51. The molecule has 3 aliphatic rings. The van der Waals surface area contributed by atoms with Crippen molar-refractivity contribution in [1.82, 2.24) is 0 Å². The van der Waals surface area contributed by atoms with E-state index in [4.69, 9.17) is 14.2 Å². The van der Waals surface area contributed by atoms with Crippen LogP contribution in [0.15, 0.2) is 0 Å². The number of carbonyl (C=O) groups is 2. The summed E-state index contributed by atoms with van der Waals surface area (Å²) in [5.41, 5.74) is 0. The number of methoxy groups -OCH3 is 1. The van der Waals surface area contributed by atoms with E-state index in [9.17, 15) is 9.59 Å². The van der Waals surface area contributed by atoms with Gasteiger partial charge in [0.2, 0.25) is 0 Å². The molecule has 0 radical (unpaired) electrons. The van der Waals surface area contributed by atoms with E-state index in [-0.39, 0.29) is 30.0 Å². The van der Waals surface area contributed by atoms with Gasteiger partial charge in [-0.2, -0.15) is 0 Å². The Morgan fingerprint density at radius 3 is 2.56 bits per heavy atom. The predicted octanol–water partition coefficient (Wildman–Crippen LogP) is 0.949. The lowest BCUT2D eigenvalue weighted by atomic mass is 9.94. The van der Waals surface area contributed by atoms with E-state index in [2.05, 4.69) is 0 Å². The van der Waals surface area contributed by atoms with Crippen LogP contribution in [0.5, 0.6) is 0 Å². The average molecular weight is 256 g/mol. The third kappa shape index (κ3) is 2.90. The first kappa shape index (κ1) is 13.5. The minimum absolute atomic E-state index is 0.0509. The van der Waals surface area contributed by atoms with Crippen molar-refractivity contribution in [3.63, 3.8) is 0 Å². The Morgan fingerprint density at radius 1 is 1.33 bits per heavy atom. The minimum atomic E-state index is -0.184. The van der Waals surface area contributed by atoms with Crippen molar-refractivity contribution in [1.29, 1.82) is 0 Å². The Balaban J connectivity index is 0.000000202. The van der Waals surface area contributed by atoms with Gasteiger partial charge in [-0.25, -0.2) is 0 Å². The molecule has 0 aromatic heterocycles. The van der Waals surface area contributed by atoms with Crippen LogP contribution in [-0.2, 0) is 23.8 Å². The Bertz CT molecular complexity index is 292. The summed E-state index contributed by atoms with van der Waals surface area (Å²) in [6.07, 6.45) is 4.32. The van der Waals surface area contributed by atoms with E-state index < -0.39 is 0 Å². The normalized spacial score (nSPS) is 37.7. The van der Waals surface area contributed by atoms with Crippen LogP contribution in [0.25, 0.3) is 0 Å². The lowest BCUT2D eigenvalue weighted by molar-refractivity contribution is -0.142. The van der Waals surface area contributed by atoms with Gasteiger partial charge in [-0.15, -0.1) is 0 Å². The maximum atomic E-state index is 10.9. The summed E-state index contributed by atoms with van der Waals surface area (Å²) in [6, 6.07) is 0. The fourth-order valence-corrected chi connectivity index (χ4v) is 2.85. The summed E-state index contributed by atoms with van der Waals surface area (Å²) >= 11 is 0. The smallest absolute Gasteiger partial charge is 0.306 e. The third-order valence-corrected chi connectivity index (χ3v) is 3.84. The lowest BCUT2D eigenvalue weighted by Crippen LogP contribution is -2.23. The standard InChI is InChI=1S/C9H12O4.C4H8O/c1-12-7-3-8-5(6(7)4-10)2-9(11)13-8;1-2-4-5-3-1/h4-8H,2-3H2,1H3;1-4H2. The van der Waals surface area contributed by atoms with E-state index in [1.165, 1.54) is 12.8 Å². The highest BCUT2D eigenvalue weighted by molar-refractivity contribution is 5.74.